The summed E-state index contributed by atoms with van der Waals surface area (Å²) in [6.45, 7) is 4.23. The van der Waals surface area contributed by atoms with E-state index in [4.69, 9.17) is 5.26 Å². The number of rotatable bonds is 7. The lowest BCUT2D eigenvalue weighted by molar-refractivity contribution is -0.117. The van der Waals surface area contributed by atoms with E-state index in [1.165, 1.54) is 23.3 Å². The van der Waals surface area contributed by atoms with E-state index in [1.807, 2.05) is 19.1 Å². The Morgan fingerprint density at radius 1 is 1.24 bits per heavy atom. The third-order valence-corrected chi connectivity index (χ3v) is 5.13. The molecule has 130 valence electrons. The highest BCUT2D eigenvalue weighted by Crippen LogP contribution is 2.24. The van der Waals surface area contributed by atoms with Crippen molar-refractivity contribution < 1.29 is 9.18 Å². The van der Waals surface area contributed by atoms with Gasteiger partial charge in [0, 0.05) is 18.0 Å². The summed E-state index contributed by atoms with van der Waals surface area (Å²) in [5.41, 5.74) is 3.03. The normalized spacial score (nSPS) is 11.6. The molecule has 2 aromatic carbocycles. The number of hydrogen-bond donors (Lipinski definition) is 0. The number of nitriles is 1. The minimum atomic E-state index is -0.349. The lowest BCUT2D eigenvalue weighted by Gasteiger charge is -2.25. The molecular weight excluding hydrogens is 335 g/mol. The summed E-state index contributed by atoms with van der Waals surface area (Å²) in [5.74, 6) is 0.327. The molecule has 0 aliphatic carbocycles. The standard InChI is InChI=1S/C20H21FN2OS/c1-15-6-3-4-7-17(15)14-25-16(2)20(24)23(13-5-12-22)19-10-8-18(21)9-11-19/h3-4,6-11,16H,5,13-14H2,1-2H3/t16-/m0/s1. The topological polar surface area (TPSA) is 44.1 Å². The lowest BCUT2D eigenvalue weighted by Crippen LogP contribution is -2.37. The van der Waals surface area contributed by atoms with Crippen molar-refractivity contribution in [3.8, 4) is 6.07 Å². The second kappa shape index (κ2) is 9.24. The molecule has 1 atom stereocenters. The van der Waals surface area contributed by atoms with Gasteiger partial charge < -0.3 is 4.90 Å². The van der Waals surface area contributed by atoms with Crippen LogP contribution in [0.3, 0.4) is 0 Å². The zero-order valence-corrected chi connectivity index (χ0v) is 15.2. The van der Waals surface area contributed by atoms with Crippen LogP contribution in [0, 0.1) is 24.1 Å². The zero-order chi connectivity index (χ0) is 18.2. The fourth-order valence-electron chi connectivity index (χ4n) is 2.43. The van der Waals surface area contributed by atoms with Crippen molar-refractivity contribution >= 4 is 23.4 Å². The van der Waals surface area contributed by atoms with Crippen LogP contribution in [-0.4, -0.2) is 17.7 Å². The summed E-state index contributed by atoms with van der Waals surface area (Å²) in [5, 5.41) is 8.60. The summed E-state index contributed by atoms with van der Waals surface area (Å²) in [6, 6.07) is 16.0. The predicted octanol–water partition coefficient (Wildman–Crippen LogP) is 4.70. The molecular formula is C20H21FN2OS. The Hall–Kier alpha value is -2.32. The first-order valence-corrected chi connectivity index (χ1v) is 9.18. The van der Waals surface area contributed by atoms with Crippen molar-refractivity contribution in [3.63, 3.8) is 0 Å². The van der Waals surface area contributed by atoms with E-state index in [0.29, 0.717) is 12.2 Å². The Kier molecular flexibility index (Phi) is 7.03. The number of carbonyl (C=O) groups is 1. The fourth-order valence-corrected chi connectivity index (χ4v) is 3.45. The first-order chi connectivity index (χ1) is 12.0. The van der Waals surface area contributed by atoms with Crippen LogP contribution in [0.2, 0.25) is 0 Å². The van der Waals surface area contributed by atoms with Gasteiger partial charge in [-0.2, -0.15) is 5.26 Å². The van der Waals surface area contributed by atoms with Gasteiger partial charge in [-0.05, 0) is 49.2 Å². The summed E-state index contributed by atoms with van der Waals surface area (Å²) in [6.07, 6.45) is 0.234. The average Bonchev–Trinajstić information content (AvgIpc) is 2.62. The van der Waals surface area contributed by atoms with Gasteiger partial charge in [-0.3, -0.25) is 4.79 Å². The minimum absolute atomic E-state index is 0.0690. The molecule has 0 unspecified atom stereocenters. The molecule has 0 radical (unpaired) electrons. The molecule has 2 aromatic rings. The van der Waals surface area contributed by atoms with Gasteiger partial charge in [0.2, 0.25) is 5.91 Å². The van der Waals surface area contributed by atoms with Gasteiger partial charge in [0.15, 0.2) is 0 Å². The maximum Gasteiger partial charge on any atom is 0.239 e. The molecule has 0 spiro atoms. The van der Waals surface area contributed by atoms with Crippen molar-refractivity contribution in [1.29, 1.82) is 5.26 Å². The molecule has 0 N–H and O–H groups in total. The smallest absolute Gasteiger partial charge is 0.239 e. The highest BCUT2D eigenvalue weighted by atomic mass is 32.2. The largest absolute Gasteiger partial charge is 0.310 e. The number of amides is 1. The maximum absolute atomic E-state index is 13.1. The predicted molar refractivity (Wildman–Crippen MR) is 101 cm³/mol. The summed E-state index contributed by atoms with van der Waals surface area (Å²) < 4.78 is 13.1. The third kappa shape index (κ3) is 5.33. The van der Waals surface area contributed by atoms with Gasteiger partial charge in [0.1, 0.15) is 5.82 Å². The molecule has 0 aromatic heterocycles. The molecule has 5 heteroatoms. The van der Waals surface area contributed by atoms with Crippen LogP contribution >= 0.6 is 11.8 Å². The van der Waals surface area contributed by atoms with Gasteiger partial charge in [-0.15, -0.1) is 11.8 Å². The van der Waals surface area contributed by atoms with Crippen LogP contribution in [0.4, 0.5) is 10.1 Å². The molecule has 0 bridgehead atoms. The van der Waals surface area contributed by atoms with E-state index in [-0.39, 0.29) is 23.4 Å². The highest BCUT2D eigenvalue weighted by molar-refractivity contribution is 7.99. The molecule has 3 nitrogen and oxygen atoms in total. The van der Waals surface area contributed by atoms with Crippen LogP contribution in [0.1, 0.15) is 24.5 Å². The number of hydrogen-bond acceptors (Lipinski definition) is 3. The molecule has 2 rings (SSSR count). The molecule has 0 heterocycles. The van der Waals surface area contributed by atoms with Crippen molar-refractivity contribution in [2.45, 2.75) is 31.3 Å². The monoisotopic (exact) mass is 356 g/mol. The minimum Gasteiger partial charge on any atom is -0.310 e. The number of thioether (sulfide) groups is 1. The van der Waals surface area contributed by atoms with Crippen LogP contribution < -0.4 is 4.90 Å². The number of benzene rings is 2. The molecule has 1 amide bonds. The first kappa shape index (κ1) is 19.0. The fraction of sp³-hybridized carbons (Fsp3) is 0.300. The Balaban J connectivity index is 2.08. The van der Waals surface area contributed by atoms with Crippen LogP contribution in [-0.2, 0) is 10.5 Å². The van der Waals surface area contributed by atoms with E-state index < -0.39 is 0 Å². The number of aryl methyl sites for hydroxylation is 1. The van der Waals surface area contributed by atoms with Crippen molar-refractivity contribution in [2.75, 3.05) is 11.4 Å². The van der Waals surface area contributed by atoms with Gasteiger partial charge in [-0.1, -0.05) is 24.3 Å². The quantitative estimate of drug-likeness (QED) is 0.722. The maximum atomic E-state index is 13.1. The summed E-state index contributed by atoms with van der Waals surface area (Å²) in [4.78, 5) is 14.4. The average molecular weight is 356 g/mol. The van der Waals surface area contributed by atoms with E-state index in [2.05, 4.69) is 25.1 Å². The van der Waals surface area contributed by atoms with E-state index >= 15 is 0 Å². The Bertz CT molecular complexity index is 755. The van der Waals surface area contributed by atoms with E-state index in [9.17, 15) is 9.18 Å². The number of nitrogens with zero attached hydrogens (tertiary/aromatic N) is 2. The van der Waals surface area contributed by atoms with Crippen LogP contribution in [0.5, 0.6) is 0 Å². The van der Waals surface area contributed by atoms with Gasteiger partial charge in [0.25, 0.3) is 0 Å². The Labute approximate surface area is 152 Å². The first-order valence-electron chi connectivity index (χ1n) is 8.13. The van der Waals surface area contributed by atoms with Gasteiger partial charge in [-0.25, -0.2) is 4.39 Å². The van der Waals surface area contributed by atoms with Crippen LogP contribution in [0.15, 0.2) is 48.5 Å². The molecule has 0 aliphatic rings. The number of anilines is 1. The Morgan fingerprint density at radius 2 is 1.92 bits per heavy atom. The van der Waals surface area contributed by atoms with Crippen molar-refractivity contribution in [2.24, 2.45) is 0 Å². The second-order valence-electron chi connectivity index (χ2n) is 5.75. The SMILES string of the molecule is Cc1ccccc1CS[C@@H](C)C(=O)N(CCC#N)c1ccc(F)cc1. The zero-order valence-electron chi connectivity index (χ0n) is 14.4. The number of carbonyl (C=O) groups excluding carboxylic acids is 1. The van der Waals surface area contributed by atoms with Gasteiger partial charge in [0.05, 0.1) is 17.7 Å². The molecule has 0 saturated carbocycles. The van der Waals surface area contributed by atoms with Crippen molar-refractivity contribution in [3.05, 3.63) is 65.5 Å². The number of halogens is 1. The van der Waals surface area contributed by atoms with E-state index in [1.54, 1.807) is 28.8 Å². The molecule has 0 fully saturated rings. The Morgan fingerprint density at radius 3 is 2.56 bits per heavy atom. The van der Waals surface area contributed by atoms with Crippen LogP contribution in [0.25, 0.3) is 0 Å². The lowest BCUT2D eigenvalue weighted by atomic mass is 10.1. The summed E-state index contributed by atoms with van der Waals surface area (Å²) >= 11 is 1.56. The third-order valence-electron chi connectivity index (χ3n) is 3.95. The van der Waals surface area contributed by atoms with Gasteiger partial charge >= 0.3 is 0 Å². The van der Waals surface area contributed by atoms with Crippen molar-refractivity contribution in [1.82, 2.24) is 0 Å². The summed E-state index contributed by atoms with van der Waals surface area (Å²) in [7, 11) is 0. The second-order valence-corrected chi connectivity index (χ2v) is 7.08. The highest BCUT2D eigenvalue weighted by Gasteiger charge is 2.22. The van der Waals surface area contributed by atoms with E-state index in [0.717, 1.165) is 5.75 Å². The molecule has 25 heavy (non-hydrogen) atoms. The molecule has 0 aliphatic heterocycles. The molecule has 0 saturated heterocycles.